The number of hydrogen-bond acceptors (Lipinski definition) is 3. The van der Waals surface area contributed by atoms with E-state index in [1.165, 1.54) is 12.1 Å². The molecule has 1 aromatic rings. The van der Waals surface area contributed by atoms with E-state index in [2.05, 4.69) is 0 Å². The van der Waals surface area contributed by atoms with E-state index in [4.69, 9.17) is 10.5 Å². The maximum absolute atomic E-state index is 13.3. The standard InChI is InChI=1S/C15H22FNO2/c1-10(17)12-9-11(16)7-8-14(12)19-15-6-4-2-3-5-13(15)18/h7-10,13,15,18H,2-6,17H2,1H3/t10-,13?,15?/m1/s1. The third-order valence-corrected chi connectivity index (χ3v) is 3.66. The van der Waals surface area contributed by atoms with Gasteiger partial charge in [-0.2, -0.15) is 0 Å². The van der Waals surface area contributed by atoms with Crippen molar-refractivity contribution in [3.63, 3.8) is 0 Å². The summed E-state index contributed by atoms with van der Waals surface area (Å²) >= 11 is 0. The van der Waals surface area contributed by atoms with Crippen LogP contribution in [0.1, 0.15) is 50.6 Å². The first-order valence-corrected chi connectivity index (χ1v) is 6.97. The number of rotatable bonds is 3. The minimum absolute atomic E-state index is 0.217. The fourth-order valence-electron chi connectivity index (χ4n) is 2.54. The van der Waals surface area contributed by atoms with Gasteiger partial charge in [-0.25, -0.2) is 4.39 Å². The van der Waals surface area contributed by atoms with Crippen molar-refractivity contribution in [1.29, 1.82) is 0 Å². The van der Waals surface area contributed by atoms with Gasteiger partial charge in [0.15, 0.2) is 0 Å². The van der Waals surface area contributed by atoms with Gasteiger partial charge in [-0.3, -0.25) is 0 Å². The number of nitrogens with two attached hydrogens (primary N) is 1. The van der Waals surface area contributed by atoms with Crippen molar-refractivity contribution in [2.75, 3.05) is 0 Å². The van der Waals surface area contributed by atoms with Crippen molar-refractivity contribution in [2.24, 2.45) is 5.73 Å². The van der Waals surface area contributed by atoms with Crippen molar-refractivity contribution in [3.8, 4) is 5.75 Å². The molecule has 0 heterocycles. The monoisotopic (exact) mass is 267 g/mol. The van der Waals surface area contributed by atoms with E-state index in [0.717, 1.165) is 32.1 Å². The van der Waals surface area contributed by atoms with Crippen molar-refractivity contribution in [1.82, 2.24) is 0 Å². The fraction of sp³-hybridized carbons (Fsp3) is 0.600. The highest BCUT2D eigenvalue weighted by atomic mass is 19.1. The van der Waals surface area contributed by atoms with Crippen LogP contribution in [0.25, 0.3) is 0 Å². The summed E-state index contributed by atoms with van der Waals surface area (Å²) in [6, 6.07) is 4.08. The van der Waals surface area contributed by atoms with Gasteiger partial charge in [-0.1, -0.05) is 12.8 Å². The molecule has 3 nitrogen and oxygen atoms in total. The Morgan fingerprint density at radius 2 is 2.05 bits per heavy atom. The lowest BCUT2D eigenvalue weighted by atomic mass is 10.1. The molecule has 0 radical (unpaired) electrons. The molecule has 1 aliphatic rings. The molecule has 2 rings (SSSR count). The Kier molecular flexibility index (Phi) is 4.77. The van der Waals surface area contributed by atoms with Crippen LogP contribution in [0.4, 0.5) is 4.39 Å². The van der Waals surface area contributed by atoms with Crippen LogP contribution in [0.3, 0.4) is 0 Å². The third-order valence-electron chi connectivity index (χ3n) is 3.66. The summed E-state index contributed by atoms with van der Waals surface area (Å²) < 4.78 is 19.2. The van der Waals surface area contributed by atoms with Crippen LogP contribution in [0.15, 0.2) is 18.2 Å². The molecule has 19 heavy (non-hydrogen) atoms. The maximum atomic E-state index is 13.3. The van der Waals surface area contributed by atoms with Crippen LogP contribution >= 0.6 is 0 Å². The molecule has 2 unspecified atom stereocenters. The molecule has 0 aromatic heterocycles. The lowest BCUT2D eigenvalue weighted by Gasteiger charge is -2.24. The first-order valence-electron chi connectivity index (χ1n) is 6.97. The highest BCUT2D eigenvalue weighted by Crippen LogP contribution is 2.29. The number of aliphatic hydroxyl groups is 1. The Morgan fingerprint density at radius 3 is 2.79 bits per heavy atom. The van der Waals surface area contributed by atoms with Gasteiger partial charge in [-0.15, -0.1) is 0 Å². The van der Waals surface area contributed by atoms with Gasteiger partial charge < -0.3 is 15.6 Å². The van der Waals surface area contributed by atoms with E-state index in [9.17, 15) is 9.50 Å². The normalized spacial score (nSPS) is 25.7. The van der Waals surface area contributed by atoms with Crippen LogP contribution in [0.2, 0.25) is 0 Å². The highest BCUT2D eigenvalue weighted by molar-refractivity contribution is 5.36. The zero-order valence-electron chi connectivity index (χ0n) is 11.3. The quantitative estimate of drug-likeness (QED) is 0.828. The first-order chi connectivity index (χ1) is 9.08. The molecule has 1 aliphatic carbocycles. The largest absolute Gasteiger partial charge is 0.487 e. The molecule has 0 amide bonds. The van der Waals surface area contributed by atoms with E-state index in [1.807, 2.05) is 0 Å². The highest BCUT2D eigenvalue weighted by Gasteiger charge is 2.24. The minimum Gasteiger partial charge on any atom is -0.487 e. The smallest absolute Gasteiger partial charge is 0.124 e. The average molecular weight is 267 g/mol. The zero-order chi connectivity index (χ0) is 13.8. The molecule has 0 spiro atoms. The summed E-state index contributed by atoms with van der Waals surface area (Å²) in [7, 11) is 0. The molecule has 0 aliphatic heterocycles. The number of hydrogen-bond donors (Lipinski definition) is 2. The Balaban J connectivity index is 2.17. The molecule has 0 saturated heterocycles. The van der Waals surface area contributed by atoms with E-state index in [1.54, 1.807) is 13.0 Å². The molecular formula is C15H22FNO2. The van der Waals surface area contributed by atoms with Gasteiger partial charge in [0, 0.05) is 11.6 Å². The summed E-state index contributed by atoms with van der Waals surface area (Å²) in [5.74, 6) is 0.267. The third kappa shape index (κ3) is 3.67. The Hall–Kier alpha value is -1.13. The van der Waals surface area contributed by atoms with Gasteiger partial charge in [0.2, 0.25) is 0 Å². The number of ether oxygens (including phenoxy) is 1. The van der Waals surface area contributed by atoms with Crippen molar-refractivity contribution in [2.45, 2.75) is 57.3 Å². The first kappa shape index (κ1) is 14.3. The van der Waals surface area contributed by atoms with Crippen LogP contribution in [0, 0.1) is 5.82 Å². The summed E-state index contributed by atoms with van der Waals surface area (Å²) in [6.07, 6.45) is 4.14. The molecule has 4 heteroatoms. The molecule has 1 aromatic carbocycles. The second-order valence-corrected chi connectivity index (χ2v) is 5.33. The zero-order valence-corrected chi connectivity index (χ0v) is 11.3. The lowest BCUT2D eigenvalue weighted by molar-refractivity contribution is 0.0312. The number of halogens is 1. The number of aliphatic hydroxyl groups excluding tert-OH is 1. The van der Waals surface area contributed by atoms with Crippen LogP contribution in [-0.2, 0) is 0 Å². The van der Waals surface area contributed by atoms with Crippen molar-refractivity contribution in [3.05, 3.63) is 29.6 Å². The predicted octanol–water partition coefficient (Wildman–Crippen LogP) is 2.92. The maximum Gasteiger partial charge on any atom is 0.124 e. The van der Waals surface area contributed by atoms with E-state index < -0.39 is 6.10 Å². The van der Waals surface area contributed by atoms with E-state index >= 15 is 0 Å². The summed E-state index contributed by atoms with van der Waals surface area (Å²) in [5, 5.41) is 10.1. The Labute approximate surface area is 113 Å². The minimum atomic E-state index is -0.450. The molecule has 3 atom stereocenters. The molecule has 1 saturated carbocycles. The summed E-state index contributed by atoms with van der Waals surface area (Å²) in [6.45, 7) is 1.80. The molecule has 3 N–H and O–H groups in total. The molecular weight excluding hydrogens is 245 g/mol. The fourth-order valence-corrected chi connectivity index (χ4v) is 2.54. The molecule has 0 bridgehead atoms. The Bertz CT molecular complexity index is 423. The molecule has 106 valence electrons. The lowest BCUT2D eigenvalue weighted by Crippen LogP contribution is -2.31. The summed E-state index contributed by atoms with van der Waals surface area (Å²) in [4.78, 5) is 0. The topological polar surface area (TPSA) is 55.5 Å². The molecule has 1 fully saturated rings. The Morgan fingerprint density at radius 1 is 1.32 bits per heavy atom. The second-order valence-electron chi connectivity index (χ2n) is 5.33. The van der Waals surface area contributed by atoms with Gasteiger partial charge in [0.1, 0.15) is 17.7 Å². The average Bonchev–Trinajstić information content (AvgIpc) is 2.57. The van der Waals surface area contributed by atoms with Gasteiger partial charge in [0.05, 0.1) is 6.10 Å². The van der Waals surface area contributed by atoms with Gasteiger partial charge in [0.25, 0.3) is 0 Å². The van der Waals surface area contributed by atoms with Crippen LogP contribution in [-0.4, -0.2) is 17.3 Å². The SMILES string of the molecule is C[C@@H](N)c1cc(F)ccc1OC1CCCCCC1O. The van der Waals surface area contributed by atoms with Gasteiger partial charge in [-0.05, 0) is 44.4 Å². The second kappa shape index (κ2) is 6.35. The van der Waals surface area contributed by atoms with Crippen LogP contribution < -0.4 is 10.5 Å². The van der Waals surface area contributed by atoms with Crippen molar-refractivity contribution >= 4 is 0 Å². The van der Waals surface area contributed by atoms with E-state index in [0.29, 0.717) is 11.3 Å². The van der Waals surface area contributed by atoms with Crippen LogP contribution in [0.5, 0.6) is 5.75 Å². The van der Waals surface area contributed by atoms with Crippen molar-refractivity contribution < 1.29 is 14.2 Å². The van der Waals surface area contributed by atoms with E-state index in [-0.39, 0.29) is 18.0 Å². The summed E-state index contributed by atoms with van der Waals surface area (Å²) in [5.41, 5.74) is 6.49. The predicted molar refractivity (Wildman–Crippen MR) is 72.5 cm³/mol. The number of benzene rings is 1. The van der Waals surface area contributed by atoms with Gasteiger partial charge >= 0.3 is 0 Å².